The molecule has 0 saturated carbocycles. The number of anilines is 2. The third-order valence-corrected chi connectivity index (χ3v) is 5.78. The van der Waals surface area contributed by atoms with Crippen molar-refractivity contribution in [3.05, 3.63) is 81.9 Å². The van der Waals surface area contributed by atoms with Crippen LogP contribution in [-0.2, 0) is 0 Å². The van der Waals surface area contributed by atoms with Crippen LogP contribution in [0.25, 0.3) is 22.0 Å². The molecule has 0 atom stereocenters. The Balaban J connectivity index is 1.88. The molecule has 4 aromatic rings. The van der Waals surface area contributed by atoms with Gasteiger partial charge in [-0.25, -0.2) is 0 Å². The van der Waals surface area contributed by atoms with Crippen molar-refractivity contribution in [2.45, 2.75) is 20.8 Å². The predicted octanol–water partition coefficient (Wildman–Crippen LogP) is 5.98. The zero-order valence-corrected chi connectivity index (χ0v) is 18.7. The molecule has 0 aliphatic heterocycles. The molecular weight excluding hydrogens is 406 g/mol. The molecule has 4 rings (SSSR count). The fourth-order valence-corrected chi connectivity index (χ4v) is 4.40. The van der Waals surface area contributed by atoms with Crippen LogP contribution in [0.15, 0.2) is 54.6 Å². The zero-order valence-electron chi connectivity index (χ0n) is 18.0. The molecule has 0 radical (unpaired) electrons. The quantitative estimate of drug-likeness (QED) is 0.309. The predicted molar refractivity (Wildman–Crippen MR) is 129 cm³/mol. The minimum Gasteiger partial charge on any atom is -0.329 e. The number of aryl methyl sites for hydroxylation is 3. The first-order valence-electron chi connectivity index (χ1n) is 9.99. The molecule has 31 heavy (non-hydrogen) atoms. The lowest BCUT2D eigenvalue weighted by Crippen LogP contribution is -2.26. The van der Waals surface area contributed by atoms with Crippen LogP contribution in [0.5, 0.6) is 0 Å². The number of nitrogens with zero attached hydrogens (tertiary/aromatic N) is 3. The van der Waals surface area contributed by atoms with E-state index >= 15 is 0 Å². The minimum absolute atomic E-state index is 0.0204. The summed E-state index contributed by atoms with van der Waals surface area (Å²) in [6, 6.07) is 18.2. The number of halogens is 1. The minimum atomic E-state index is -0.0204. The first-order chi connectivity index (χ1) is 14.8. The molecule has 5 nitrogen and oxygen atoms in total. The molecule has 0 amide bonds. The van der Waals surface area contributed by atoms with Crippen LogP contribution in [0.2, 0.25) is 5.02 Å². The van der Waals surface area contributed by atoms with Gasteiger partial charge in [0.15, 0.2) is 0 Å². The molecule has 0 saturated heterocycles. The van der Waals surface area contributed by atoms with E-state index in [1.54, 1.807) is 12.1 Å². The highest BCUT2D eigenvalue weighted by atomic mass is 35.5. The Morgan fingerprint density at radius 3 is 2.39 bits per heavy atom. The molecule has 0 spiro atoms. The van der Waals surface area contributed by atoms with Crippen LogP contribution >= 0.6 is 11.6 Å². The Labute approximate surface area is 186 Å². The SMILES string of the molecule is Cc1cc(C)c(-c2cccc(N(C)c3nc(=N)n(C=N)c4cc(Cl)ccc34)c2)c(C)c1. The average Bonchev–Trinajstić information content (AvgIpc) is 2.72. The topological polar surface area (TPSA) is 68.8 Å². The monoisotopic (exact) mass is 429 g/mol. The molecule has 2 N–H and O–H groups in total. The van der Waals surface area contributed by atoms with Gasteiger partial charge in [0.25, 0.3) is 0 Å². The van der Waals surface area contributed by atoms with E-state index in [1.807, 2.05) is 30.1 Å². The highest BCUT2D eigenvalue weighted by Gasteiger charge is 2.15. The highest BCUT2D eigenvalue weighted by molar-refractivity contribution is 6.31. The summed E-state index contributed by atoms with van der Waals surface area (Å²) in [6.07, 6.45) is 1.08. The summed E-state index contributed by atoms with van der Waals surface area (Å²) >= 11 is 6.19. The molecule has 0 bridgehead atoms. The third kappa shape index (κ3) is 3.73. The number of benzene rings is 3. The Morgan fingerprint density at radius 2 is 1.71 bits per heavy atom. The molecular formula is C25H24ClN5. The van der Waals surface area contributed by atoms with E-state index in [2.05, 4.69) is 50.0 Å². The van der Waals surface area contributed by atoms with Crippen molar-refractivity contribution in [1.29, 1.82) is 10.8 Å². The number of nitrogens with one attached hydrogen (secondary N) is 2. The molecule has 6 heteroatoms. The van der Waals surface area contributed by atoms with E-state index in [1.165, 1.54) is 26.8 Å². The highest BCUT2D eigenvalue weighted by Crippen LogP contribution is 2.34. The van der Waals surface area contributed by atoms with Crippen molar-refractivity contribution in [3.63, 3.8) is 0 Å². The maximum Gasteiger partial charge on any atom is 0.229 e. The van der Waals surface area contributed by atoms with Gasteiger partial charge in [0, 0.05) is 23.1 Å². The fraction of sp³-hybridized carbons (Fsp3) is 0.160. The summed E-state index contributed by atoms with van der Waals surface area (Å²) < 4.78 is 1.41. The molecule has 156 valence electrons. The normalized spacial score (nSPS) is 11.0. The van der Waals surface area contributed by atoms with Crippen molar-refractivity contribution < 1.29 is 0 Å². The van der Waals surface area contributed by atoms with Gasteiger partial charge in [0.1, 0.15) is 5.82 Å². The molecule has 0 unspecified atom stereocenters. The summed E-state index contributed by atoms with van der Waals surface area (Å²) in [4.78, 5) is 6.47. The Kier molecular flexibility index (Phi) is 5.38. The van der Waals surface area contributed by atoms with Gasteiger partial charge in [0.2, 0.25) is 5.62 Å². The van der Waals surface area contributed by atoms with Crippen LogP contribution in [0, 0.1) is 31.6 Å². The third-order valence-electron chi connectivity index (χ3n) is 5.55. The molecule has 0 aliphatic rings. The standard InChI is InChI=1S/C25H24ClN5/c1-15-10-16(2)23(17(3)11-15)18-6-5-7-20(12-18)30(4)24-21-9-8-19(26)13-22(21)31(14-27)25(28)29-24/h5-14,27-28H,1-4H3. The lowest BCUT2D eigenvalue weighted by molar-refractivity contribution is 0.915. The van der Waals surface area contributed by atoms with Gasteiger partial charge in [-0.2, -0.15) is 4.98 Å². The molecule has 1 heterocycles. The van der Waals surface area contributed by atoms with Gasteiger partial charge in [0.05, 0.1) is 11.9 Å². The van der Waals surface area contributed by atoms with Gasteiger partial charge in [-0.15, -0.1) is 0 Å². The smallest absolute Gasteiger partial charge is 0.229 e. The van der Waals surface area contributed by atoms with Crippen LogP contribution in [0.3, 0.4) is 0 Å². The largest absolute Gasteiger partial charge is 0.329 e. The van der Waals surface area contributed by atoms with Crippen LogP contribution in [0.1, 0.15) is 16.7 Å². The Bertz CT molecular complexity index is 1360. The van der Waals surface area contributed by atoms with Crippen molar-refractivity contribution in [3.8, 4) is 11.1 Å². The van der Waals surface area contributed by atoms with E-state index in [0.717, 1.165) is 23.0 Å². The van der Waals surface area contributed by atoms with Crippen molar-refractivity contribution in [2.24, 2.45) is 0 Å². The zero-order chi connectivity index (χ0) is 22.3. The second-order valence-corrected chi connectivity index (χ2v) is 8.24. The number of hydrogen-bond acceptors (Lipinski definition) is 4. The number of fused-ring (bicyclic) bond motifs is 1. The van der Waals surface area contributed by atoms with Gasteiger partial charge in [-0.1, -0.05) is 41.4 Å². The lowest BCUT2D eigenvalue weighted by atomic mass is 9.93. The van der Waals surface area contributed by atoms with Crippen molar-refractivity contribution in [2.75, 3.05) is 11.9 Å². The second kappa shape index (κ2) is 8.00. The van der Waals surface area contributed by atoms with Gasteiger partial charge >= 0.3 is 0 Å². The number of aromatic nitrogens is 2. The first kappa shape index (κ1) is 20.8. The van der Waals surface area contributed by atoms with Gasteiger partial charge in [-0.05, 0) is 73.4 Å². The van der Waals surface area contributed by atoms with E-state index in [0.29, 0.717) is 16.4 Å². The Hall–Kier alpha value is -3.44. The number of rotatable bonds is 4. The van der Waals surface area contributed by atoms with E-state index < -0.39 is 0 Å². The van der Waals surface area contributed by atoms with Crippen molar-refractivity contribution >= 4 is 40.3 Å². The maximum absolute atomic E-state index is 8.30. The van der Waals surface area contributed by atoms with Crippen LogP contribution in [0.4, 0.5) is 11.5 Å². The number of hydrogen-bond donors (Lipinski definition) is 2. The second-order valence-electron chi connectivity index (χ2n) is 7.80. The lowest BCUT2D eigenvalue weighted by Gasteiger charge is -2.22. The summed E-state index contributed by atoms with van der Waals surface area (Å²) in [5, 5.41) is 17.4. The van der Waals surface area contributed by atoms with Crippen LogP contribution in [-0.4, -0.2) is 22.9 Å². The first-order valence-corrected chi connectivity index (χ1v) is 10.4. The van der Waals surface area contributed by atoms with E-state index in [9.17, 15) is 0 Å². The molecule has 0 aliphatic carbocycles. The Morgan fingerprint density at radius 1 is 1.00 bits per heavy atom. The van der Waals surface area contributed by atoms with E-state index in [-0.39, 0.29) is 5.62 Å². The molecule has 3 aromatic carbocycles. The summed E-state index contributed by atoms with van der Waals surface area (Å²) in [5.74, 6) is 0.643. The van der Waals surface area contributed by atoms with Gasteiger partial charge < -0.3 is 4.90 Å². The van der Waals surface area contributed by atoms with Gasteiger partial charge in [-0.3, -0.25) is 15.4 Å². The van der Waals surface area contributed by atoms with E-state index in [4.69, 9.17) is 22.4 Å². The molecule has 1 aromatic heterocycles. The summed E-state index contributed by atoms with van der Waals surface area (Å²) in [7, 11) is 1.94. The van der Waals surface area contributed by atoms with Crippen LogP contribution < -0.4 is 10.5 Å². The summed E-state index contributed by atoms with van der Waals surface area (Å²) in [6.45, 7) is 6.40. The average molecular weight is 430 g/mol. The molecule has 0 fully saturated rings. The fourth-order valence-electron chi connectivity index (χ4n) is 4.24. The van der Waals surface area contributed by atoms with Crippen molar-refractivity contribution in [1.82, 2.24) is 9.55 Å². The maximum atomic E-state index is 8.30. The summed E-state index contributed by atoms with van der Waals surface area (Å²) in [5.41, 5.74) is 7.75.